The molecule has 2 aliphatic carbocycles. The highest BCUT2D eigenvalue weighted by Crippen LogP contribution is 2.36. The number of hydrogen-bond donors (Lipinski definition) is 2. The van der Waals surface area contributed by atoms with Crippen molar-refractivity contribution in [3.8, 4) is 0 Å². The lowest BCUT2D eigenvalue weighted by atomic mass is 9.81. The summed E-state index contributed by atoms with van der Waals surface area (Å²) in [6.07, 6.45) is 11.2. The van der Waals surface area contributed by atoms with Crippen LogP contribution >= 0.6 is 0 Å². The molecule has 0 atom stereocenters. The third kappa shape index (κ3) is 2.83. The highest BCUT2D eigenvalue weighted by atomic mass is 16.5. The van der Waals surface area contributed by atoms with Gasteiger partial charge in [-0.2, -0.15) is 5.06 Å². The number of rotatable bonds is 4. The molecule has 2 fully saturated rings. The molecule has 100 valence electrons. The maximum absolute atomic E-state index is 10.5. The first kappa shape index (κ1) is 13.3. The van der Waals surface area contributed by atoms with Gasteiger partial charge in [0.1, 0.15) is 0 Å². The zero-order valence-corrected chi connectivity index (χ0v) is 11.5. The molecule has 0 bridgehead atoms. The number of hydrogen-bond acceptors (Lipinski definition) is 3. The van der Waals surface area contributed by atoms with E-state index in [1.807, 2.05) is 0 Å². The molecule has 3 nitrogen and oxygen atoms in total. The summed E-state index contributed by atoms with van der Waals surface area (Å²) in [5.41, 5.74) is 0.180. The molecule has 0 spiro atoms. The second-order valence-electron chi connectivity index (χ2n) is 6.35. The predicted molar refractivity (Wildman–Crippen MR) is 70.2 cm³/mol. The van der Waals surface area contributed by atoms with Crippen molar-refractivity contribution < 1.29 is 5.21 Å². The lowest BCUT2D eigenvalue weighted by molar-refractivity contribution is -0.181. The number of nitrogens with one attached hydrogen (secondary N) is 1. The molecule has 3 heteroatoms. The van der Waals surface area contributed by atoms with Crippen molar-refractivity contribution in [3.05, 3.63) is 0 Å². The van der Waals surface area contributed by atoms with Crippen molar-refractivity contribution in [3.63, 3.8) is 0 Å². The lowest BCUT2D eigenvalue weighted by Gasteiger charge is -2.43. The highest BCUT2D eigenvalue weighted by Gasteiger charge is 2.40. The van der Waals surface area contributed by atoms with Crippen LogP contribution < -0.4 is 5.32 Å². The Bertz CT molecular complexity index is 243. The van der Waals surface area contributed by atoms with Crippen LogP contribution in [0.25, 0.3) is 0 Å². The summed E-state index contributed by atoms with van der Waals surface area (Å²) in [5.74, 6) is 0. The van der Waals surface area contributed by atoms with Crippen molar-refractivity contribution in [2.45, 2.75) is 75.8 Å². The van der Waals surface area contributed by atoms with E-state index in [9.17, 15) is 5.21 Å². The van der Waals surface area contributed by atoms with Gasteiger partial charge in [0.25, 0.3) is 0 Å². The molecular weight excluding hydrogens is 212 g/mol. The van der Waals surface area contributed by atoms with Crippen LogP contribution in [0, 0.1) is 0 Å². The van der Waals surface area contributed by atoms with E-state index < -0.39 is 0 Å². The van der Waals surface area contributed by atoms with Gasteiger partial charge < -0.3 is 10.5 Å². The fourth-order valence-electron chi connectivity index (χ4n) is 3.59. The largest absolute Gasteiger partial charge is 0.313 e. The molecule has 0 unspecified atom stereocenters. The maximum atomic E-state index is 10.5. The molecule has 2 N–H and O–H groups in total. The monoisotopic (exact) mass is 240 g/mol. The van der Waals surface area contributed by atoms with E-state index in [-0.39, 0.29) is 11.1 Å². The summed E-state index contributed by atoms with van der Waals surface area (Å²) < 4.78 is 0. The fraction of sp³-hybridized carbons (Fsp3) is 1.00. The minimum absolute atomic E-state index is 0.0291. The van der Waals surface area contributed by atoms with Crippen molar-refractivity contribution in [2.24, 2.45) is 0 Å². The van der Waals surface area contributed by atoms with Crippen LogP contribution in [0.4, 0.5) is 0 Å². The molecule has 0 aromatic heterocycles. The van der Waals surface area contributed by atoms with E-state index >= 15 is 0 Å². The smallest absolute Gasteiger partial charge is 0.0433 e. The van der Waals surface area contributed by atoms with Gasteiger partial charge in [-0.05, 0) is 39.7 Å². The molecule has 0 amide bonds. The summed E-state index contributed by atoms with van der Waals surface area (Å²) in [6, 6.07) is 0. The van der Waals surface area contributed by atoms with E-state index in [1.54, 1.807) is 5.06 Å². The molecule has 0 heterocycles. The van der Waals surface area contributed by atoms with E-state index in [4.69, 9.17) is 0 Å². The Morgan fingerprint density at radius 3 is 2.06 bits per heavy atom. The number of hydroxylamine groups is 2. The average molecular weight is 240 g/mol. The first-order chi connectivity index (χ1) is 8.10. The summed E-state index contributed by atoms with van der Waals surface area (Å²) in [7, 11) is 2.05. The summed E-state index contributed by atoms with van der Waals surface area (Å²) in [6.45, 7) is 3.01. The Morgan fingerprint density at radius 1 is 1.00 bits per heavy atom. The van der Waals surface area contributed by atoms with Crippen molar-refractivity contribution >= 4 is 0 Å². The fourth-order valence-corrected chi connectivity index (χ4v) is 3.59. The van der Waals surface area contributed by atoms with Crippen LogP contribution in [0.1, 0.15) is 64.7 Å². The molecule has 17 heavy (non-hydrogen) atoms. The SMILES string of the molecule is CNC1(CN(O)C2(C)CCCC2)CCCCC1. The van der Waals surface area contributed by atoms with Gasteiger partial charge >= 0.3 is 0 Å². The summed E-state index contributed by atoms with van der Waals surface area (Å²) in [5, 5.41) is 15.6. The molecule has 0 aromatic rings. The third-order valence-corrected chi connectivity index (χ3v) is 5.10. The maximum Gasteiger partial charge on any atom is 0.0433 e. The van der Waals surface area contributed by atoms with Gasteiger partial charge in [0.15, 0.2) is 0 Å². The van der Waals surface area contributed by atoms with Crippen LogP contribution in [0.15, 0.2) is 0 Å². The van der Waals surface area contributed by atoms with Gasteiger partial charge in [-0.1, -0.05) is 32.1 Å². The van der Waals surface area contributed by atoms with E-state index in [0.717, 1.165) is 19.4 Å². The first-order valence-electron chi connectivity index (χ1n) is 7.26. The molecule has 2 aliphatic rings. The highest BCUT2D eigenvalue weighted by molar-refractivity contribution is 4.96. The van der Waals surface area contributed by atoms with Gasteiger partial charge in [-0.25, -0.2) is 0 Å². The summed E-state index contributed by atoms with van der Waals surface area (Å²) >= 11 is 0. The Hall–Kier alpha value is -0.120. The molecule has 2 rings (SSSR count). The second kappa shape index (κ2) is 5.25. The van der Waals surface area contributed by atoms with Crippen LogP contribution in [-0.4, -0.2) is 34.9 Å². The van der Waals surface area contributed by atoms with Crippen LogP contribution in [0.2, 0.25) is 0 Å². The summed E-state index contributed by atoms with van der Waals surface area (Å²) in [4.78, 5) is 0. The van der Waals surface area contributed by atoms with Crippen molar-refractivity contribution in [1.29, 1.82) is 0 Å². The van der Waals surface area contributed by atoms with E-state index in [1.165, 1.54) is 44.9 Å². The van der Waals surface area contributed by atoms with E-state index in [2.05, 4.69) is 19.3 Å². The number of nitrogens with zero attached hydrogens (tertiary/aromatic N) is 1. The van der Waals surface area contributed by atoms with Gasteiger partial charge in [0.2, 0.25) is 0 Å². The standard InChI is InChI=1S/C14H28N2O/c1-13(8-6-7-9-13)16(17)12-14(15-2)10-4-3-5-11-14/h15,17H,3-12H2,1-2H3. The minimum Gasteiger partial charge on any atom is -0.313 e. The van der Waals surface area contributed by atoms with Crippen LogP contribution in [-0.2, 0) is 0 Å². The molecular formula is C14H28N2O. The Kier molecular flexibility index (Phi) is 4.11. The molecule has 0 saturated heterocycles. The van der Waals surface area contributed by atoms with Crippen LogP contribution in [0.5, 0.6) is 0 Å². The molecule has 0 aliphatic heterocycles. The third-order valence-electron chi connectivity index (χ3n) is 5.10. The first-order valence-corrected chi connectivity index (χ1v) is 7.26. The predicted octanol–water partition coefficient (Wildman–Crippen LogP) is 2.93. The average Bonchev–Trinajstić information content (AvgIpc) is 2.79. The Balaban J connectivity index is 1.97. The van der Waals surface area contributed by atoms with Gasteiger partial charge in [-0.15, -0.1) is 0 Å². The quantitative estimate of drug-likeness (QED) is 0.742. The van der Waals surface area contributed by atoms with E-state index in [0.29, 0.717) is 0 Å². The Labute approximate surface area is 106 Å². The lowest BCUT2D eigenvalue weighted by Crippen LogP contribution is -2.57. The Morgan fingerprint density at radius 2 is 1.53 bits per heavy atom. The normalized spacial score (nSPS) is 27.5. The van der Waals surface area contributed by atoms with Crippen molar-refractivity contribution in [1.82, 2.24) is 10.4 Å². The zero-order valence-electron chi connectivity index (χ0n) is 11.5. The molecule has 0 radical (unpaired) electrons. The topological polar surface area (TPSA) is 35.5 Å². The van der Waals surface area contributed by atoms with Gasteiger partial charge in [0.05, 0.1) is 0 Å². The molecule has 2 saturated carbocycles. The van der Waals surface area contributed by atoms with Gasteiger partial charge in [0, 0.05) is 17.6 Å². The number of likely N-dealkylation sites (N-methyl/N-ethyl adjacent to an activating group) is 1. The van der Waals surface area contributed by atoms with Crippen molar-refractivity contribution in [2.75, 3.05) is 13.6 Å². The second-order valence-corrected chi connectivity index (χ2v) is 6.35. The van der Waals surface area contributed by atoms with Crippen LogP contribution in [0.3, 0.4) is 0 Å². The minimum atomic E-state index is 0.0291. The zero-order chi connectivity index (χ0) is 12.4. The van der Waals surface area contributed by atoms with Gasteiger partial charge in [-0.3, -0.25) is 0 Å². The molecule has 0 aromatic carbocycles.